The number of ether oxygens (including phenoxy) is 2. The molecule has 240 valence electrons. The van der Waals surface area contributed by atoms with Gasteiger partial charge < -0.3 is 13.9 Å². The molecular weight excluding hydrogens is 549 g/mol. The average molecular weight is 609 g/mol. The van der Waals surface area contributed by atoms with Crippen LogP contribution in [0.3, 0.4) is 0 Å². The lowest BCUT2D eigenvalue weighted by atomic mass is 9.87. The maximum atomic E-state index is 12.9. The summed E-state index contributed by atoms with van der Waals surface area (Å²) in [6.45, 7) is 28.7. The van der Waals surface area contributed by atoms with Gasteiger partial charge in [0.15, 0.2) is 8.32 Å². The number of benzene rings is 2. The van der Waals surface area contributed by atoms with E-state index in [2.05, 4.69) is 105 Å². The van der Waals surface area contributed by atoms with Crippen molar-refractivity contribution in [3.63, 3.8) is 0 Å². The van der Waals surface area contributed by atoms with Crippen LogP contribution in [-0.4, -0.2) is 32.4 Å². The first-order chi connectivity index (χ1) is 20.1. The molecule has 0 aliphatic heterocycles. The Bertz CT molecular complexity index is 1110. The summed E-state index contributed by atoms with van der Waals surface area (Å²) in [5, 5.41) is 0.124. The lowest BCUT2D eigenvalue weighted by Gasteiger charge is -2.42. The van der Waals surface area contributed by atoms with Gasteiger partial charge in [0.1, 0.15) is 5.78 Å². The molecule has 2 rings (SSSR count). The van der Waals surface area contributed by atoms with Gasteiger partial charge in [-0.15, -0.1) is 0 Å². The Morgan fingerprint density at radius 3 is 1.63 bits per heavy atom. The van der Waals surface area contributed by atoms with E-state index in [0.717, 1.165) is 23.1 Å². The Kier molecular flexibility index (Phi) is 14.6. The summed E-state index contributed by atoms with van der Waals surface area (Å²) in [5.41, 5.74) is 3.30. The van der Waals surface area contributed by atoms with Gasteiger partial charge in [-0.3, -0.25) is 4.79 Å². The quantitative estimate of drug-likeness (QED) is 0.125. The van der Waals surface area contributed by atoms with Crippen LogP contribution in [0.25, 0.3) is 0 Å². The molecule has 0 unspecified atom stereocenters. The summed E-state index contributed by atoms with van der Waals surface area (Å²) in [5.74, 6) is 0.142. The Balaban J connectivity index is 2.32. The molecule has 0 aliphatic rings. The third kappa shape index (κ3) is 11.1. The van der Waals surface area contributed by atoms with Crippen molar-refractivity contribution in [2.75, 3.05) is 0 Å². The van der Waals surface area contributed by atoms with Crippen molar-refractivity contribution in [3.05, 3.63) is 83.9 Å². The molecule has 0 saturated heterocycles. The molecule has 0 bridgehead atoms. The predicted molar refractivity (Wildman–Crippen MR) is 184 cm³/mol. The number of carbonyl (C=O) groups excluding carboxylic acids is 1. The average Bonchev–Trinajstić information content (AvgIpc) is 2.98. The minimum absolute atomic E-state index is 0.0717. The molecule has 0 amide bonds. The van der Waals surface area contributed by atoms with E-state index in [1.165, 1.54) is 0 Å². The van der Waals surface area contributed by atoms with Gasteiger partial charge >= 0.3 is 0 Å². The first-order valence-corrected chi connectivity index (χ1v) is 19.3. The molecule has 5 heteroatoms. The van der Waals surface area contributed by atoms with Crippen LogP contribution < -0.4 is 0 Å². The molecule has 0 spiro atoms. The number of hydrogen-bond donors (Lipinski definition) is 0. The minimum atomic E-state index is -1.99. The summed E-state index contributed by atoms with van der Waals surface area (Å²) in [7, 11) is -1.99. The first kappa shape index (κ1) is 37.1. The highest BCUT2D eigenvalue weighted by molar-refractivity contribution is 6.74. The van der Waals surface area contributed by atoms with Gasteiger partial charge in [-0.1, -0.05) is 121 Å². The van der Waals surface area contributed by atoms with Crippen LogP contribution >= 0.6 is 0 Å². The maximum Gasteiger partial charge on any atom is 0.192 e. The van der Waals surface area contributed by atoms with E-state index in [9.17, 15) is 4.79 Å². The van der Waals surface area contributed by atoms with Gasteiger partial charge in [-0.2, -0.15) is 0 Å². The predicted octanol–water partition coefficient (Wildman–Crippen LogP) is 10.7. The highest BCUT2D eigenvalue weighted by Crippen LogP contribution is 2.40. The van der Waals surface area contributed by atoms with Crippen molar-refractivity contribution in [2.45, 2.75) is 137 Å². The van der Waals surface area contributed by atoms with Crippen LogP contribution in [-0.2, 0) is 18.7 Å². The standard InChI is InChI=1S/C38H60O4Si/c1-13-34(39)28(4)36(40-30(6)32-21-17-15-18-22-32)25-27(3)26-37(41-31(7)33-23-19-16-20-24-33)29(5)35(14-2)42-43(11,12)38(8,9)10/h15-24,28-31,35-37H,3,13-14,25-26H2,1-2,4-12H3/t28-,29+,30+,31+,35-,36+,37+/m1/s1. The number of hydrogen-bond acceptors (Lipinski definition) is 4. The monoisotopic (exact) mass is 608 g/mol. The van der Waals surface area contributed by atoms with Crippen LogP contribution in [0, 0.1) is 11.8 Å². The summed E-state index contributed by atoms with van der Waals surface area (Å²) < 4.78 is 20.5. The topological polar surface area (TPSA) is 44.8 Å². The van der Waals surface area contributed by atoms with Gasteiger partial charge in [0.05, 0.1) is 24.4 Å². The van der Waals surface area contributed by atoms with Crippen LogP contribution in [0.4, 0.5) is 0 Å². The van der Waals surface area contributed by atoms with Gasteiger partial charge in [0, 0.05) is 24.4 Å². The normalized spacial score (nSPS) is 17.4. The third-order valence-electron chi connectivity index (χ3n) is 9.52. The molecule has 0 radical (unpaired) electrons. The zero-order valence-electron chi connectivity index (χ0n) is 29.0. The Hall–Kier alpha value is -2.05. The number of ketones is 1. The fraction of sp³-hybridized carbons (Fsp3) is 0.605. The summed E-state index contributed by atoms with van der Waals surface area (Å²) in [6.07, 6.45) is 2.22. The second kappa shape index (κ2) is 16.9. The Morgan fingerprint density at radius 2 is 1.21 bits per heavy atom. The van der Waals surface area contributed by atoms with Gasteiger partial charge in [0.2, 0.25) is 0 Å². The van der Waals surface area contributed by atoms with Gasteiger partial charge in [0.25, 0.3) is 0 Å². The van der Waals surface area contributed by atoms with Crippen molar-refractivity contribution in [2.24, 2.45) is 11.8 Å². The van der Waals surface area contributed by atoms with Crippen LogP contribution in [0.1, 0.15) is 111 Å². The van der Waals surface area contributed by atoms with Crippen molar-refractivity contribution in [1.82, 2.24) is 0 Å². The number of rotatable bonds is 18. The van der Waals surface area contributed by atoms with E-state index in [1.807, 2.05) is 38.1 Å². The molecule has 43 heavy (non-hydrogen) atoms. The van der Waals surface area contributed by atoms with E-state index >= 15 is 0 Å². The number of Topliss-reactive ketones (excluding diaryl/α,β-unsaturated/α-hetero) is 1. The molecular formula is C38H60O4Si. The molecule has 7 atom stereocenters. The highest BCUT2D eigenvalue weighted by atomic mass is 28.4. The lowest BCUT2D eigenvalue weighted by molar-refractivity contribution is -0.129. The van der Waals surface area contributed by atoms with E-state index in [1.54, 1.807) is 0 Å². The van der Waals surface area contributed by atoms with E-state index in [0.29, 0.717) is 19.3 Å². The zero-order valence-corrected chi connectivity index (χ0v) is 30.0. The number of carbonyl (C=O) groups is 1. The van der Waals surface area contributed by atoms with Crippen LogP contribution in [0.5, 0.6) is 0 Å². The van der Waals surface area contributed by atoms with E-state index in [4.69, 9.17) is 13.9 Å². The SMILES string of the molecule is C=C(C[C@H](O[C@@H](C)c1ccccc1)[C@@H](C)[C@@H](CC)O[Si](C)(C)C(C)(C)C)C[C@H](O[C@@H](C)c1ccccc1)[C@H](C)C(=O)CC. The van der Waals surface area contributed by atoms with Gasteiger partial charge in [-0.25, -0.2) is 0 Å². The fourth-order valence-corrected chi connectivity index (χ4v) is 6.86. The molecule has 2 aromatic carbocycles. The Labute approximate surface area is 264 Å². The summed E-state index contributed by atoms with van der Waals surface area (Å²) >= 11 is 0. The molecule has 4 nitrogen and oxygen atoms in total. The Morgan fingerprint density at radius 1 is 0.767 bits per heavy atom. The second-order valence-electron chi connectivity index (χ2n) is 13.9. The van der Waals surface area contributed by atoms with Crippen LogP contribution in [0.2, 0.25) is 18.1 Å². The lowest BCUT2D eigenvalue weighted by Crippen LogP contribution is -2.47. The molecule has 0 aromatic heterocycles. The molecule has 0 heterocycles. The largest absolute Gasteiger partial charge is 0.414 e. The first-order valence-electron chi connectivity index (χ1n) is 16.4. The third-order valence-corrected chi connectivity index (χ3v) is 14.0. The molecule has 0 saturated carbocycles. The van der Waals surface area contributed by atoms with E-state index < -0.39 is 8.32 Å². The fourth-order valence-electron chi connectivity index (χ4n) is 5.37. The minimum Gasteiger partial charge on any atom is -0.414 e. The summed E-state index contributed by atoms with van der Waals surface area (Å²) in [6, 6.07) is 20.6. The van der Waals surface area contributed by atoms with E-state index in [-0.39, 0.29) is 53.2 Å². The second-order valence-corrected chi connectivity index (χ2v) is 18.7. The smallest absolute Gasteiger partial charge is 0.192 e. The van der Waals surface area contributed by atoms with Crippen molar-refractivity contribution in [3.8, 4) is 0 Å². The molecule has 0 N–H and O–H groups in total. The molecule has 0 aliphatic carbocycles. The highest BCUT2D eigenvalue weighted by Gasteiger charge is 2.41. The van der Waals surface area contributed by atoms with Gasteiger partial charge in [-0.05, 0) is 62.4 Å². The van der Waals surface area contributed by atoms with Crippen molar-refractivity contribution >= 4 is 14.1 Å². The molecule has 2 aromatic rings. The maximum absolute atomic E-state index is 12.9. The zero-order chi connectivity index (χ0) is 32.4. The van der Waals surface area contributed by atoms with Crippen molar-refractivity contribution in [1.29, 1.82) is 0 Å². The van der Waals surface area contributed by atoms with Crippen molar-refractivity contribution < 1.29 is 18.7 Å². The van der Waals surface area contributed by atoms with Crippen LogP contribution in [0.15, 0.2) is 72.8 Å². The summed E-state index contributed by atoms with van der Waals surface area (Å²) in [4.78, 5) is 12.9. The molecule has 0 fully saturated rings.